The molecule has 1 aromatic heterocycles. The summed E-state index contributed by atoms with van der Waals surface area (Å²) in [5.74, 6) is 0.888. The van der Waals surface area contributed by atoms with Gasteiger partial charge in [-0.05, 0) is 40.6 Å². The number of ether oxygens (including phenoxy) is 2. The van der Waals surface area contributed by atoms with Crippen LogP contribution in [0.25, 0.3) is 10.8 Å². The molecular weight excluding hydrogens is 314 g/mol. The van der Waals surface area contributed by atoms with E-state index in [4.69, 9.17) is 9.47 Å². The first-order valence-electron chi connectivity index (χ1n) is 8.71. The fraction of sp³-hybridized carbons (Fsp3) is 0.350. The number of benzene rings is 2. The topological polar surface area (TPSA) is 39.5 Å². The van der Waals surface area contributed by atoms with Crippen molar-refractivity contribution >= 4 is 10.8 Å². The molecule has 5 nitrogen and oxygen atoms in total. The van der Waals surface area contributed by atoms with Crippen LogP contribution in [0.5, 0.6) is 5.75 Å². The molecule has 1 saturated heterocycles. The fourth-order valence-electron chi connectivity index (χ4n) is 3.35. The zero-order valence-corrected chi connectivity index (χ0v) is 14.5. The predicted octanol–water partition coefficient (Wildman–Crippen LogP) is 3.12. The Labute approximate surface area is 147 Å². The summed E-state index contributed by atoms with van der Waals surface area (Å²) >= 11 is 0. The molecule has 0 radical (unpaired) electrons. The van der Waals surface area contributed by atoms with Gasteiger partial charge in [-0.3, -0.25) is 9.58 Å². The number of morpholine rings is 1. The summed E-state index contributed by atoms with van der Waals surface area (Å²) in [6.45, 7) is 4.57. The molecule has 25 heavy (non-hydrogen) atoms. The number of methoxy groups -OCH3 is 1. The number of fused-ring (bicyclic) bond motifs is 1. The van der Waals surface area contributed by atoms with Crippen molar-refractivity contribution in [2.45, 2.75) is 12.6 Å². The first-order valence-corrected chi connectivity index (χ1v) is 8.71. The Morgan fingerprint density at radius 3 is 2.88 bits per heavy atom. The quantitative estimate of drug-likeness (QED) is 0.717. The third kappa shape index (κ3) is 3.67. The Morgan fingerprint density at radius 1 is 1.16 bits per heavy atom. The molecule has 0 unspecified atom stereocenters. The summed E-state index contributed by atoms with van der Waals surface area (Å²) in [6, 6.07) is 14.7. The molecule has 0 saturated carbocycles. The highest BCUT2D eigenvalue weighted by Crippen LogP contribution is 2.27. The van der Waals surface area contributed by atoms with E-state index in [1.807, 2.05) is 29.2 Å². The largest absolute Gasteiger partial charge is 0.497 e. The average Bonchev–Trinajstić information content (AvgIpc) is 3.19. The lowest BCUT2D eigenvalue weighted by Crippen LogP contribution is -2.40. The number of rotatable bonds is 5. The van der Waals surface area contributed by atoms with Crippen LogP contribution in [0.4, 0.5) is 0 Å². The SMILES string of the molecule is COc1ccc2cc([C@H]3CN(CCn4cccn4)CCO3)ccc2c1. The Bertz CT molecular complexity index is 832. The van der Waals surface area contributed by atoms with E-state index < -0.39 is 0 Å². The molecule has 130 valence electrons. The van der Waals surface area contributed by atoms with E-state index in [0.29, 0.717) is 0 Å². The van der Waals surface area contributed by atoms with E-state index in [9.17, 15) is 0 Å². The van der Waals surface area contributed by atoms with Gasteiger partial charge in [0.05, 0.1) is 26.4 Å². The standard InChI is InChI=1S/C20H23N3O2/c1-24-19-6-5-16-13-18(4-3-17(16)14-19)20-15-22(11-12-25-20)9-10-23-8-2-7-21-23/h2-8,13-14,20H,9-12,15H2,1H3/t20-/m1/s1. The van der Waals surface area contributed by atoms with E-state index in [0.717, 1.165) is 38.5 Å². The monoisotopic (exact) mass is 337 g/mol. The van der Waals surface area contributed by atoms with Gasteiger partial charge >= 0.3 is 0 Å². The minimum Gasteiger partial charge on any atom is -0.497 e. The zero-order valence-electron chi connectivity index (χ0n) is 14.5. The van der Waals surface area contributed by atoms with Gasteiger partial charge < -0.3 is 9.47 Å². The fourth-order valence-corrected chi connectivity index (χ4v) is 3.35. The van der Waals surface area contributed by atoms with Crippen LogP contribution in [0.15, 0.2) is 54.9 Å². The Morgan fingerprint density at radius 2 is 2.04 bits per heavy atom. The molecule has 0 amide bonds. The van der Waals surface area contributed by atoms with Crippen molar-refractivity contribution in [1.29, 1.82) is 0 Å². The minimum atomic E-state index is 0.123. The van der Waals surface area contributed by atoms with E-state index in [-0.39, 0.29) is 6.10 Å². The van der Waals surface area contributed by atoms with Crippen molar-refractivity contribution in [3.63, 3.8) is 0 Å². The molecule has 5 heteroatoms. The highest BCUT2D eigenvalue weighted by atomic mass is 16.5. The summed E-state index contributed by atoms with van der Waals surface area (Å²) < 4.78 is 13.3. The summed E-state index contributed by atoms with van der Waals surface area (Å²) in [5.41, 5.74) is 1.24. The number of hydrogen-bond acceptors (Lipinski definition) is 4. The Balaban J connectivity index is 1.46. The molecule has 0 spiro atoms. The number of hydrogen-bond donors (Lipinski definition) is 0. The second-order valence-corrected chi connectivity index (χ2v) is 6.40. The summed E-state index contributed by atoms with van der Waals surface area (Å²) in [4.78, 5) is 2.45. The van der Waals surface area contributed by atoms with E-state index in [1.54, 1.807) is 7.11 Å². The molecule has 2 heterocycles. The smallest absolute Gasteiger partial charge is 0.119 e. The maximum Gasteiger partial charge on any atom is 0.119 e. The van der Waals surface area contributed by atoms with Crippen molar-refractivity contribution in [3.05, 3.63) is 60.4 Å². The van der Waals surface area contributed by atoms with E-state index in [2.05, 4.69) is 40.3 Å². The average molecular weight is 337 g/mol. The van der Waals surface area contributed by atoms with Crippen molar-refractivity contribution < 1.29 is 9.47 Å². The van der Waals surface area contributed by atoms with Crippen molar-refractivity contribution in [3.8, 4) is 5.75 Å². The third-order valence-corrected chi connectivity index (χ3v) is 4.80. The van der Waals surface area contributed by atoms with Gasteiger partial charge in [-0.15, -0.1) is 0 Å². The van der Waals surface area contributed by atoms with E-state index in [1.165, 1.54) is 16.3 Å². The van der Waals surface area contributed by atoms with Crippen molar-refractivity contribution in [2.24, 2.45) is 0 Å². The predicted molar refractivity (Wildman–Crippen MR) is 97.9 cm³/mol. The van der Waals surface area contributed by atoms with Crippen molar-refractivity contribution in [2.75, 3.05) is 33.4 Å². The Hall–Kier alpha value is -2.37. The van der Waals surface area contributed by atoms with Gasteiger partial charge in [-0.2, -0.15) is 5.10 Å². The Kier molecular flexibility index (Phi) is 4.68. The molecule has 1 atom stereocenters. The molecule has 2 aromatic carbocycles. The van der Waals surface area contributed by atoms with Crippen LogP contribution >= 0.6 is 0 Å². The molecule has 4 rings (SSSR count). The van der Waals surface area contributed by atoms with Gasteiger partial charge in [0, 0.05) is 32.0 Å². The molecule has 3 aromatic rings. The molecule has 1 aliphatic heterocycles. The summed E-state index contributed by atoms with van der Waals surface area (Å²) in [5, 5.41) is 6.68. The molecule has 0 bridgehead atoms. The second-order valence-electron chi connectivity index (χ2n) is 6.40. The number of aromatic nitrogens is 2. The zero-order chi connectivity index (χ0) is 17.1. The van der Waals surface area contributed by atoms with Crippen LogP contribution < -0.4 is 4.74 Å². The van der Waals surface area contributed by atoms with Gasteiger partial charge in [0.15, 0.2) is 0 Å². The van der Waals surface area contributed by atoms with Gasteiger partial charge in [0.25, 0.3) is 0 Å². The number of nitrogens with zero attached hydrogens (tertiary/aromatic N) is 3. The molecule has 0 aliphatic carbocycles. The van der Waals surface area contributed by atoms with Gasteiger partial charge in [0.2, 0.25) is 0 Å². The van der Waals surface area contributed by atoms with Crippen LogP contribution in [-0.4, -0.2) is 48.0 Å². The van der Waals surface area contributed by atoms with Crippen molar-refractivity contribution in [1.82, 2.24) is 14.7 Å². The molecule has 1 fully saturated rings. The van der Waals surface area contributed by atoms with Crippen LogP contribution in [0.2, 0.25) is 0 Å². The molecule has 0 N–H and O–H groups in total. The van der Waals surface area contributed by atoms with Gasteiger partial charge in [0.1, 0.15) is 5.75 Å². The first-order chi connectivity index (χ1) is 12.3. The van der Waals surface area contributed by atoms with Crippen LogP contribution in [0, 0.1) is 0 Å². The maximum atomic E-state index is 6.04. The van der Waals surface area contributed by atoms with Crippen LogP contribution in [0.3, 0.4) is 0 Å². The van der Waals surface area contributed by atoms with Crippen LogP contribution in [-0.2, 0) is 11.3 Å². The lowest BCUT2D eigenvalue weighted by molar-refractivity contribution is -0.0310. The van der Waals surface area contributed by atoms with E-state index >= 15 is 0 Å². The maximum absolute atomic E-state index is 6.04. The highest BCUT2D eigenvalue weighted by molar-refractivity contribution is 5.84. The molecule has 1 aliphatic rings. The van der Waals surface area contributed by atoms with Gasteiger partial charge in [-0.1, -0.05) is 18.2 Å². The molecular formula is C20H23N3O2. The highest BCUT2D eigenvalue weighted by Gasteiger charge is 2.22. The van der Waals surface area contributed by atoms with Crippen LogP contribution in [0.1, 0.15) is 11.7 Å². The van der Waals surface area contributed by atoms with Gasteiger partial charge in [-0.25, -0.2) is 0 Å². The minimum absolute atomic E-state index is 0.123. The summed E-state index contributed by atoms with van der Waals surface area (Å²) in [7, 11) is 1.70. The lowest BCUT2D eigenvalue weighted by Gasteiger charge is -2.33. The summed E-state index contributed by atoms with van der Waals surface area (Å²) in [6.07, 6.45) is 3.96. The first kappa shape index (κ1) is 16.1. The second kappa shape index (κ2) is 7.25. The lowest BCUT2D eigenvalue weighted by atomic mass is 10.0. The normalized spacial score (nSPS) is 18.5. The third-order valence-electron chi connectivity index (χ3n) is 4.80.